The SMILES string of the molecule is CCN(CCN(C)C)C(=NC1CCCCC1C)Nc1cccc(O)c1. The normalized spacial score (nSPS) is 21.4. The Bertz CT molecular complexity index is 558. The van der Waals surface area contributed by atoms with Crippen LogP contribution in [0, 0.1) is 5.92 Å². The molecular weight excluding hydrogens is 312 g/mol. The molecule has 25 heavy (non-hydrogen) atoms. The van der Waals surface area contributed by atoms with Crippen LogP contribution in [-0.4, -0.2) is 60.6 Å². The molecule has 5 nitrogen and oxygen atoms in total. The first-order chi connectivity index (χ1) is 12.0. The van der Waals surface area contributed by atoms with Gasteiger partial charge in [-0.05, 0) is 51.9 Å². The Balaban J connectivity index is 2.22. The van der Waals surface area contributed by atoms with Crippen LogP contribution in [0.3, 0.4) is 0 Å². The first kappa shape index (κ1) is 19.6. The smallest absolute Gasteiger partial charge is 0.198 e. The zero-order valence-corrected chi connectivity index (χ0v) is 16.2. The van der Waals surface area contributed by atoms with Crippen LogP contribution in [0.2, 0.25) is 0 Å². The molecule has 140 valence electrons. The molecule has 0 saturated heterocycles. The molecule has 1 saturated carbocycles. The molecule has 0 aliphatic heterocycles. The van der Waals surface area contributed by atoms with Gasteiger partial charge in [0.05, 0.1) is 6.04 Å². The van der Waals surface area contributed by atoms with Crippen LogP contribution in [0.15, 0.2) is 29.3 Å². The van der Waals surface area contributed by atoms with E-state index in [0.29, 0.717) is 12.0 Å². The van der Waals surface area contributed by atoms with Gasteiger partial charge in [-0.25, -0.2) is 4.99 Å². The van der Waals surface area contributed by atoms with Crippen molar-refractivity contribution in [2.75, 3.05) is 39.0 Å². The number of phenolic OH excluding ortho intramolecular Hbond substituents is 1. The molecule has 0 spiro atoms. The standard InChI is InChI=1S/C20H34N4O/c1-5-24(14-13-23(3)4)20(21-17-10-8-11-18(25)15-17)22-19-12-7-6-9-16(19)2/h8,10-11,15-16,19,25H,5-7,9,12-14H2,1-4H3,(H,21,22). The number of anilines is 1. The number of likely N-dealkylation sites (N-methyl/N-ethyl adjacent to an activating group) is 2. The summed E-state index contributed by atoms with van der Waals surface area (Å²) >= 11 is 0. The minimum Gasteiger partial charge on any atom is -0.508 e. The molecule has 0 radical (unpaired) electrons. The van der Waals surface area contributed by atoms with Gasteiger partial charge in [-0.3, -0.25) is 0 Å². The lowest BCUT2D eigenvalue weighted by Crippen LogP contribution is -2.41. The lowest BCUT2D eigenvalue weighted by molar-refractivity contribution is 0.316. The van der Waals surface area contributed by atoms with Crippen molar-refractivity contribution in [1.82, 2.24) is 9.80 Å². The van der Waals surface area contributed by atoms with E-state index >= 15 is 0 Å². The zero-order chi connectivity index (χ0) is 18.2. The van der Waals surface area contributed by atoms with Crippen molar-refractivity contribution in [3.8, 4) is 5.75 Å². The van der Waals surface area contributed by atoms with Gasteiger partial charge in [0, 0.05) is 31.4 Å². The topological polar surface area (TPSA) is 51.1 Å². The molecule has 0 bridgehead atoms. The molecule has 1 fully saturated rings. The molecule has 1 aliphatic rings. The van der Waals surface area contributed by atoms with Gasteiger partial charge in [0.1, 0.15) is 5.75 Å². The Morgan fingerprint density at radius 2 is 2.00 bits per heavy atom. The molecule has 0 heterocycles. The summed E-state index contributed by atoms with van der Waals surface area (Å²) in [6.07, 6.45) is 5.01. The third-order valence-electron chi connectivity index (χ3n) is 4.95. The number of aliphatic imine (C=N–C) groups is 1. The molecule has 1 aromatic carbocycles. The van der Waals surface area contributed by atoms with Gasteiger partial charge in [0.25, 0.3) is 0 Å². The Morgan fingerprint density at radius 3 is 2.64 bits per heavy atom. The molecule has 2 N–H and O–H groups in total. The van der Waals surface area contributed by atoms with Gasteiger partial charge >= 0.3 is 0 Å². The summed E-state index contributed by atoms with van der Waals surface area (Å²) in [5, 5.41) is 13.2. The van der Waals surface area contributed by atoms with Crippen LogP contribution in [-0.2, 0) is 0 Å². The maximum absolute atomic E-state index is 9.76. The summed E-state index contributed by atoms with van der Waals surface area (Å²) in [7, 11) is 4.19. The minimum atomic E-state index is 0.270. The Hall–Kier alpha value is -1.75. The first-order valence-electron chi connectivity index (χ1n) is 9.53. The molecular formula is C20H34N4O. The summed E-state index contributed by atoms with van der Waals surface area (Å²) in [4.78, 5) is 9.61. The highest BCUT2D eigenvalue weighted by Gasteiger charge is 2.22. The van der Waals surface area contributed by atoms with E-state index in [-0.39, 0.29) is 5.75 Å². The molecule has 1 aliphatic carbocycles. The van der Waals surface area contributed by atoms with Crippen molar-refractivity contribution in [2.24, 2.45) is 10.9 Å². The summed E-state index contributed by atoms with van der Waals surface area (Å²) in [5.74, 6) is 1.82. The van der Waals surface area contributed by atoms with E-state index in [2.05, 4.69) is 43.1 Å². The van der Waals surface area contributed by atoms with Crippen molar-refractivity contribution < 1.29 is 5.11 Å². The van der Waals surface area contributed by atoms with Crippen molar-refractivity contribution >= 4 is 11.6 Å². The number of phenols is 1. The number of aromatic hydroxyl groups is 1. The number of nitrogens with one attached hydrogen (secondary N) is 1. The summed E-state index contributed by atoms with van der Waals surface area (Å²) in [5.41, 5.74) is 0.880. The largest absolute Gasteiger partial charge is 0.508 e. The first-order valence-corrected chi connectivity index (χ1v) is 9.53. The Kier molecular flexibility index (Phi) is 7.56. The van der Waals surface area contributed by atoms with E-state index in [9.17, 15) is 5.11 Å². The zero-order valence-electron chi connectivity index (χ0n) is 16.2. The molecule has 5 heteroatoms. The van der Waals surface area contributed by atoms with E-state index in [0.717, 1.165) is 37.7 Å². The fourth-order valence-corrected chi connectivity index (χ4v) is 3.29. The lowest BCUT2D eigenvalue weighted by atomic mass is 9.86. The van der Waals surface area contributed by atoms with Crippen molar-refractivity contribution in [3.05, 3.63) is 24.3 Å². The fourth-order valence-electron chi connectivity index (χ4n) is 3.29. The highest BCUT2D eigenvalue weighted by atomic mass is 16.3. The van der Waals surface area contributed by atoms with Crippen LogP contribution in [0.1, 0.15) is 39.5 Å². The summed E-state index contributed by atoms with van der Waals surface area (Å²) in [6, 6.07) is 7.64. The number of benzene rings is 1. The van der Waals surface area contributed by atoms with E-state index in [4.69, 9.17) is 4.99 Å². The van der Waals surface area contributed by atoms with Gasteiger partial charge in [-0.2, -0.15) is 0 Å². The third-order valence-corrected chi connectivity index (χ3v) is 4.95. The highest BCUT2D eigenvalue weighted by Crippen LogP contribution is 2.27. The predicted octanol–water partition coefficient (Wildman–Crippen LogP) is 3.62. The molecule has 2 atom stereocenters. The number of hydrogen-bond donors (Lipinski definition) is 2. The average molecular weight is 347 g/mol. The van der Waals surface area contributed by atoms with E-state index < -0.39 is 0 Å². The third kappa shape index (κ3) is 6.24. The molecule has 1 aromatic rings. The van der Waals surface area contributed by atoms with Crippen LogP contribution in [0.4, 0.5) is 5.69 Å². The number of rotatable bonds is 6. The summed E-state index contributed by atoms with van der Waals surface area (Å²) in [6.45, 7) is 7.29. The van der Waals surface area contributed by atoms with Crippen molar-refractivity contribution in [2.45, 2.75) is 45.6 Å². The second kappa shape index (κ2) is 9.66. The molecule has 0 aromatic heterocycles. The maximum atomic E-state index is 9.76. The fraction of sp³-hybridized carbons (Fsp3) is 0.650. The van der Waals surface area contributed by atoms with E-state index in [1.165, 1.54) is 19.3 Å². The molecule has 2 unspecified atom stereocenters. The van der Waals surface area contributed by atoms with E-state index in [1.54, 1.807) is 12.1 Å². The Morgan fingerprint density at radius 1 is 1.24 bits per heavy atom. The minimum absolute atomic E-state index is 0.270. The van der Waals surface area contributed by atoms with Gasteiger partial charge in [0.2, 0.25) is 0 Å². The Labute approximate surface area is 152 Å². The van der Waals surface area contributed by atoms with Gasteiger partial charge in [-0.1, -0.05) is 25.8 Å². The van der Waals surface area contributed by atoms with Crippen molar-refractivity contribution in [1.29, 1.82) is 0 Å². The van der Waals surface area contributed by atoms with Crippen LogP contribution >= 0.6 is 0 Å². The number of nitrogens with zero attached hydrogens (tertiary/aromatic N) is 3. The van der Waals surface area contributed by atoms with E-state index in [1.807, 2.05) is 12.1 Å². The predicted molar refractivity (Wildman–Crippen MR) is 106 cm³/mol. The summed E-state index contributed by atoms with van der Waals surface area (Å²) < 4.78 is 0. The number of guanidine groups is 1. The lowest BCUT2D eigenvalue weighted by Gasteiger charge is -2.31. The second-order valence-corrected chi connectivity index (χ2v) is 7.34. The van der Waals surface area contributed by atoms with Gasteiger partial charge in [-0.15, -0.1) is 0 Å². The molecule has 2 rings (SSSR count). The maximum Gasteiger partial charge on any atom is 0.198 e. The van der Waals surface area contributed by atoms with Crippen LogP contribution in [0.5, 0.6) is 5.75 Å². The number of hydrogen-bond acceptors (Lipinski definition) is 3. The molecule has 0 amide bonds. The van der Waals surface area contributed by atoms with Crippen LogP contribution in [0.25, 0.3) is 0 Å². The van der Waals surface area contributed by atoms with Crippen LogP contribution < -0.4 is 5.32 Å². The van der Waals surface area contributed by atoms with Gasteiger partial charge in [0.15, 0.2) is 5.96 Å². The highest BCUT2D eigenvalue weighted by molar-refractivity contribution is 5.94. The monoisotopic (exact) mass is 346 g/mol. The second-order valence-electron chi connectivity index (χ2n) is 7.34. The quantitative estimate of drug-likeness (QED) is 0.610. The average Bonchev–Trinajstić information content (AvgIpc) is 2.57. The van der Waals surface area contributed by atoms with Crippen molar-refractivity contribution in [3.63, 3.8) is 0 Å². The van der Waals surface area contributed by atoms with Gasteiger partial charge < -0.3 is 20.2 Å².